The molecule has 39 heavy (non-hydrogen) atoms. The molecule has 1 saturated heterocycles. The zero-order chi connectivity index (χ0) is 28.2. The van der Waals surface area contributed by atoms with Gasteiger partial charge in [0.25, 0.3) is 0 Å². The fourth-order valence-electron chi connectivity index (χ4n) is 3.92. The third-order valence-corrected chi connectivity index (χ3v) is 9.15. The minimum absolute atomic E-state index is 0.170. The Kier molecular flexibility index (Phi) is 9.11. The largest absolute Gasteiger partial charge is 0.494 e. The normalized spacial score (nSPS) is 14.3. The first-order valence-electron chi connectivity index (χ1n) is 12.4. The maximum atomic E-state index is 12.9. The van der Waals surface area contributed by atoms with Gasteiger partial charge >= 0.3 is 0 Å². The lowest BCUT2D eigenvalue weighted by Gasteiger charge is -2.34. The first-order valence-corrected chi connectivity index (χ1v) is 14.7. The summed E-state index contributed by atoms with van der Waals surface area (Å²) in [5.74, 6) is 1.07. The van der Waals surface area contributed by atoms with Gasteiger partial charge in [-0.2, -0.15) is 4.98 Å². The van der Waals surface area contributed by atoms with Crippen LogP contribution in [0.25, 0.3) is 0 Å². The van der Waals surface area contributed by atoms with Gasteiger partial charge in [-0.05, 0) is 57.4 Å². The number of anilines is 5. The van der Waals surface area contributed by atoms with Crippen molar-refractivity contribution in [3.63, 3.8) is 0 Å². The molecule has 0 unspecified atom stereocenters. The molecule has 10 nitrogen and oxygen atoms in total. The van der Waals surface area contributed by atoms with Crippen LogP contribution in [0.15, 0.2) is 53.6 Å². The number of hydrogen-bond donors (Lipinski definition) is 3. The van der Waals surface area contributed by atoms with Crippen LogP contribution in [0.5, 0.6) is 5.75 Å². The lowest BCUT2D eigenvalue weighted by atomic mass is 10.2. The summed E-state index contributed by atoms with van der Waals surface area (Å²) in [5.41, 5.74) is 1.80. The molecule has 0 atom stereocenters. The van der Waals surface area contributed by atoms with E-state index in [1.807, 2.05) is 18.2 Å². The average Bonchev–Trinajstić information content (AvgIpc) is 2.91. The number of sulfone groups is 1. The second kappa shape index (κ2) is 12.3. The van der Waals surface area contributed by atoms with Crippen LogP contribution >= 0.6 is 23.8 Å². The van der Waals surface area contributed by atoms with Crippen molar-refractivity contribution >= 4 is 67.6 Å². The van der Waals surface area contributed by atoms with Crippen LogP contribution in [0.2, 0.25) is 5.02 Å². The summed E-state index contributed by atoms with van der Waals surface area (Å²) in [6.07, 6.45) is 1.44. The number of methoxy groups -OCH3 is 1. The molecule has 0 aliphatic carbocycles. The molecule has 2 heterocycles. The highest BCUT2D eigenvalue weighted by molar-refractivity contribution is 7.92. The van der Waals surface area contributed by atoms with Crippen LogP contribution < -0.4 is 20.7 Å². The summed E-state index contributed by atoms with van der Waals surface area (Å²) in [4.78, 5) is 13.3. The summed E-state index contributed by atoms with van der Waals surface area (Å²) in [6, 6.07) is 12.2. The monoisotopic (exact) mass is 589 g/mol. The van der Waals surface area contributed by atoms with Crippen LogP contribution in [0.3, 0.4) is 0 Å². The first-order chi connectivity index (χ1) is 18.6. The van der Waals surface area contributed by atoms with Crippen molar-refractivity contribution in [2.24, 2.45) is 0 Å². The van der Waals surface area contributed by atoms with Crippen LogP contribution in [0, 0.1) is 0 Å². The lowest BCUT2D eigenvalue weighted by Crippen LogP contribution is -2.48. The molecule has 0 saturated carbocycles. The van der Waals surface area contributed by atoms with Gasteiger partial charge in [0.05, 0.1) is 34.8 Å². The number of benzene rings is 2. The average molecular weight is 590 g/mol. The van der Waals surface area contributed by atoms with Gasteiger partial charge in [0.1, 0.15) is 10.8 Å². The topological polar surface area (TPSA) is 112 Å². The van der Waals surface area contributed by atoms with Crippen molar-refractivity contribution in [1.82, 2.24) is 19.8 Å². The van der Waals surface area contributed by atoms with Crippen molar-refractivity contribution in [2.45, 2.75) is 24.0 Å². The van der Waals surface area contributed by atoms with E-state index in [9.17, 15) is 8.42 Å². The van der Waals surface area contributed by atoms with Crippen LogP contribution in [0.4, 0.5) is 28.8 Å². The number of aromatic nitrogens is 2. The molecule has 1 aliphatic heterocycles. The first kappa shape index (κ1) is 28.8. The SMILES string of the molecule is COc1cc(NC(=S)N2CCN(C)CC2)ccc1Nc1ncc(Cl)c(Nc2ccccc2S(=O)(=O)C(C)C)n1. The number of likely N-dealkylation sites (N-methyl/N-ethyl adjacent to an activating group) is 1. The Morgan fingerprint density at radius 1 is 1.08 bits per heavy atom. The van der Waals surface area contributed by atoms with Crippen LogP contribution in [-0.2, 0) is 9.84 Å². The predicted octanol–water partition coefficient (Wildman–Crippen LogP) is 4.75. The molecule has 3 aromatic rings. The summed E-state index contributed by atoms with van der Waals surface area (Å²) in [6.45, 7) is 6.95. The fraction of sp³-hybridized carbons (Fsp3) is 0.346. The van der Waals surface area contributed by atoms with Gasteiger partial charge in [-0.15, -0.1) is 0 Å². The zero-order valence-electron chi connectivity index (χ0n) is 22.2. The van der Waals surface area contributed by atoms with Crippen molar-refractivity contribution < 1.29 is 13.2 Å². The van der Waals surface area contributed by atoms with Gasteiger partial charge in [0, 0.05) is 37.9 Å². The van der Waals surface area contributed by atoms with E-state index < -0.39 is 15.1 Å². The van der Waals surface area contributed by atoms with Crippen molar-refractivity contribution in [3.05, 3.63) is 53.7 Å². The summed E-state index contributed by atoms with van der Waals surface area (Å²) < 4.78 is 31.3. The van der Waals surface area contributed by atoms with Gasteiger partial charge in [0.15, 0.2) is 20.8 Å². The lowest BCUT2D eigenvalue weighted by molar-refractivity contribution is 0.217. The number of nitrogens with one attached hydrogen (secondary N) is 3. The highest BCUT2D eigenvalue weighted by atomic mass is 35.5. The molecular weight excluding hydrogens is 558 g/mol. The quantitative estimate of drug-likeness (QED) is 0.316. The van der Waals surface area contributed by atoms with E-state index in [2.05, 4.69) is 42.8 Å². The van der Waals surface area contributed by atoms with Crippen molar-refractivity contribution in [1.29, 1.82) is 0 Å². The minimum Gasteiger partial charge on any atom is -0.494 e. The fourth-order valence-corrected chi connectivity index (χ4v) is 5.56. The molecule has 1 fully saturated rings. The van der Waals surface area contributed by atoms with Crippen LogP contribution in [0.1, 0.15) is 13.8 Å². The van der Waals surface area contributed by atoms with Crippen molar-refractivity contribution in [2.75, 3.05) is 56.3 Å². The number of rotatable bonds is 8. The smallest absolute Gasteiger partial charge is 0.229 e. The van der Waals surface area contributed by atoms with Crippen molar-refractivity contribution in [3.8, 4) is 5.75 Å². The van der Waals surface area contributed by atoms with E-state index in [0.29, 0.717) is 22.2 Å². The third-order valence-electron chi connectivity index (χ3n) is 6.30. The Morgan fingerprint density at radius 2 is 1.79 bits per heavy atom. The van der Waals surface area contributed by atoms with Crippen LogP contribution in [-0.4, -0.2) is 78.9 Å². The van der Waals surface area contributed by atoms with Gasteiger partial charge < -0.3 is 30.5 Å². The minimum atomic E-state index is -3.53. The number of hydrogen-bond acceptors (Lipinski definition) is 9. The Labute approximate surface area is 239 Å². The molecule has 13 heteroatoms. The van der Waals surface area contributed by atoms with E-state index >= 15 is 0 Å². The number of nitrogens with zero attached hydrogens (tertiary/aromatic N) is 4. The van der Waals surface area contributed by atoms with Gasteiger partial charge in [-0.1, -0.05) is 23.7 Å². The molecule has 1 aliphatic rings. The molecule has 0 bridgehead atoms. The number of thiocarbonyl (C=S) groups is 1. The third kappa shape index (κ3) is 6.88. The van der Waals surface area contributed by atoms with Gasteiger partial charge in [0.2, 0.25) is 5.95 Å². The summed E-state index contributed by atoms with van der Waals surface area (Å²) >= 11 is 12.0. The van der Waals surface area contributed by atoms with E-state index in [0.717, 1.165) is 31.9 Å². The van der Waals surface area contributed by atoms with E-state index in [1.165, 1.54) is 6.20 Å². The predicted molar refractivity (Wildman–Crippen MR) is 161 cm³/mol. The zero-order valence-corrected chi connectivity index (χ0v) is 24.6. The van der Waals surface area contributed by atoms with E-state index in [1.54, 1.807) is 45.2 Å². The van der Waals surface area contributed by atoms with Gasteiger partial charge in [-0.25, -0.2) is 13.4 Å². The standard InChI is InChI=1S/C26H32ClN7O3S2/c1-17(2)39(35,36)23-8-6-5-7-21(23)30-24-19(27)16-28-25(32-24)31-20-10-9-18(15-22(20)37-4)29-26(38)34-13-11-33(3)12-14-34/h5-10,15-17H,11-14H2,1-4H3,(H,29,38)(H2,28,30,31,32). The molecule has 3 N–H and O–H groups in total. The molecular formula is C26H32ClN7O3S2. The van der Waals surface area contributed by atoms with Gasteiger partial charge in [-0.3, -0.25) is 0 Å². The maximum Gasteiger partial charge on any atom is 0.229 e. The number of para-hydroxylation sites is 1. The van der Waals surface area contributed by atoms with E-state index in [-0.39, 0.29) is 21.7 Å². The summed E-state index contributed by atoms with van der Waals surface area (Å²) in [7, 11) is 0.143. The Bertz CT molecular complexity index is 1450. The highest BCUT2D eigenvalue weighted by Crippen LogP contribution is 2.33. The number of halogens is 1. The second-order valence-corrected chi connectivity index (χ2v) is 12.6. The highest BCUT2D eigenvalue weighted by Gasteiger charge is 2.23. The Hall–Kier alpha value is -3.19. The Balaban J connectivity index is 1.52. The second-order valence-electron chi connectivity index (χ2n) is 9.37. The summed E-state index contributed by atoms with van der Waals surface area (Å²) in [5, 5.41) is 9.81. The molecule has 0 radical (unpaired) electrons. The molecule has 4 rings (SSSR count). The molecule has 2 aromatic carbocycles. The number of ether oxygens (including phenoxy) is 1. The molecule has 1 aromatic heterocycles. The number of piperazine rings is 1. The molecule has 208 valence electrons. The Morgan fingerprint density at radius 3 is 2.49 bits per heavy atom. The maximum absolute atomic E-state index is 12.9. The van der Waals surface area contributed by atoms with E-state index in [4.69, 9.17) is 28.6 Å². The molecule has 0 spiro atoms. The molecule has 0 amide bonds.